The molecule has 1 N–H and O–H groups in total. The van der Waals surface area contributed by atoms with Crippen molar-refractivity contribution in [2.45, 2.75) is 31.8 Å². The molecule has 1 aromatic rings. The van der Waals surface area contributed by atoms with Crippen molar-refractivity contribution < 1.29 is 13.9 Å². The Balaban J connectivity index is 1.65. The average molecular weight is 238 g/mol. The number of hydrogen-bond acceptors (Lipinski definition) is 1. The van der Waals surface area contributed by atoms with Gasteiger partial charge in [-0.2, -0.15) is 0 Å². The number of aliphatic hydroxyl groups is 1. The van der Waals surface area contributed by atoms with Gasteiger partial charge in [-0.1, -0.05) is 0 Å². The first-order valence-corrected chi connectivity index (χ1v) is 6.25. The number of benzene rings is 1. The first-order valence-electron chi connectivity index (χ1n) is 6.25. The van der Waals surface area contributed by atoms with Crippen molar-refractivity contribution in [2.24, 2.45) is 17.8 Å². The zero-order chi connectivity index (χ0) is 12.0. The van der Waals surface area contributed by atoms with Crippen molar-refractivity contribution in [1.82, 2.24) is 0 Å². The number of fused-ring (bicyclic) bond motifs is 1. The number of hydrogen-bond donors (Lipinski definition) is 1. The fourth-order valence-corrected chi connectivity index (χ4v) is 3.21. The first-order chi connectivity index (χ1) is 8.11. The lowest BCUT2D eigenvalue weighted by molar-refractivity contribution is 0.104. The second kappa shape index (κ2) is 4.05. The Morgan fingerprint density at radius 2 is 1.65 bits per heavy atom. The molecule has 3 unspecified atom stereocenters. The molecule has 0 radical (unpaired) electrons. The van der Waals surface area contributed by atoms with Crippen LogP contribution >= 0.6 is 0 Å². The Hall–Kier alpha value is -0.960. The van der Waals surface area contributed by atoms with E-state index in [1.807, 2.05) is 0 Å². The van der Waals surface area contributed by atoms with Crippen LogP contribution in [0.25, 0.3) is 0 Å². The van der Waals surface area contributed by atoms with E-state index in [1.165, 1.54) is 18.6 Å². The molecule has 17 heavy (non-hydrogen) atoms. The summed E-state index contributed by atoms with van der Waals surface area (Å²) in [4.78, 5) is 0. The molecule has 0 aliphatic heterocycles. The van der Waals surface area contributed by atoms with Crippen LogP contribution in [0, 0.1) is 29.4 Å². The highest BCUT2D eigenvalue weighted by atomic mass is 19.1. The minimum Gasteiger partial charge on any atom is -0.392 e. The summed E-state index contributed by atoms with van der Waals surface area (Å²) in [5.41, 5.74) is 0.551. The Labute approximate surface area is 99.5 Å². The fourth-order valence-electron chi connectivity index (χ4n) is 3.21. The Bertz CT molecular complexity index is 402. The van der Waals surface area contributed by atoms with Gasteiger partial charge in [0, 0.05) is 6.07 Å². The molecule has 92 valence electrons. The lowest BCUT2D eigenvalue weighted by atomic mass is 9.92. The van der Waals surface area contributed by atoms with Crippen molar-refractivity contribution in [2.75, 3.05) is 0 Å². The van der Waals surface area contributed by atoms with E-state index in [0.717, 1.165) is 30.7 Å². The highest BCUT2D eigenvalue weighted by molar-refractivity contribution is 5.19. The summed E-state index contributed by atoms with van der Waals surface area (Å²) >= 11 is 0. The van der Waals surface area contributed by atoms with Crippen molar-refractivity contribution >= 4 is 0 Å². The standard InChI is InChI=1S/C14H16F2O/c15-12-1-8(2-13(16)7-12)3-14(17)11-5-9-4-10(9)6-11/h1-2,7,9-11,14,17H,3-6H2. The predicted molar refractivity (Wildman–Crippen MR) is 60.4 cm³/mol. The van der Waals surface area contributed by atoms with Gasteiger partial charge in [-0.05, 0) is 61.1 Å². The van der Waals surface area contributed by atoms with Crippen molar-refractivity contribution in [3.63, 3.8) is 0 Å². The predicted octanol–water partition coefficient (Wildman–Crippen LogP) is 2.91. The number of aliphatic hydroxyl groups excluding tert-OH is 1. The van der Waals surface area contributed by atoms with E-state index >= 15 is 0 Å². The smallest absolute Gasteiger partial charge is 0.126 e. The molecule has 0 saturated heterocycles. The van der Waals surface area contributed by atoms with Crippen LogP contribution in [0.4, 0.5) is 8.78 Å². The molecular formula is C14H16F2O. The first kappa shape index (κ1) is 11.1. The van der Waals surface area contributed by atoms with Crippen LogP contribution in [0.15, 0.2) is 18.2 Å². The summed E-state index contributed by atoms with van der Waals surface area (Å²) < 4.78 is 26.0. The van der Waals surface area contributed by atoms with E-state index in [0.29, 0.717) is 17.9 Å². The SMILES string of the molecule is OC(Cc1cc(F)cc(F)c1)C1CC2CC2C1. The van der Waals surface area contributed by atoms with Crippen LogP contribution in [-0.2, 0) is 6.42 Å². The molecule has 2 fully saturated rings. The highest BCUT2D eigenvalue weighted by Crippen LogP contribution is 2.55. The van der Waals surface area contributed by atoms with E-state index < -0.39 is 17.7 Å². The third kappa shape index (κ3) is 2.34. The van der Waals surface area contributed by atoms with E-state index in [1.54, 1.807) is 0 Å². The van der Waals surface area contributed by atoms with Gasteiger partial charge in [0.2, 0.25) is 0 Å². The Morgan fingerprint density at radius 3 is 2.24 bits per heavy atom. The van der Waals surface area contributed by atoms with E-state index in [4.69, 9.17) is 0 Å². The molecule has 0 amide bonds. The summed E-state index contributed by atoms with van der Waals surface area (Å²) in [6, 6.07) is 3.48. The monoisotopic (exact) mass is 238 g/mol. The van der Waals surface area contributed by atoms with Gasteiger partial charge in [0.1, 0.15) is 11.6 Å². The summed E-state index contributed by atoms with van der Waals surface area (Å²) in [5.74, 6) is 0.825. The topological polar surface area (TPSA) is 20.2 Å². The summed E-state index contributed by atoms with van der Waals surface area (Å²) in [6.45, 7) is 0. The van der Waals surface area contributed by atoms with Gasteiger partial charge in [-0.15, -0.1) is 0 Å². The maximum Gasteiger partial charge on any atom is 0.126 e. The summed E-state index contributed by atoms with van der Waals surface area (Å²) in [6.07, 6.45) is 3.40. The highest BCUT2D eigenvalue weighted by Gasteiger charge is 2.47. The molecule has 2 aliphatic carbocycles. The molecule has 1 nitrogen and oxygen atoms in total. The number of rotatable bonds is 3. The molecule has 0 bridgehead atoms. The van der Waals surface area contributed by atoms with Crippen LogP contribution < -0.4 is 0 Å². The van der Waals surface area contributed by atoms with Gasteiger partial charge in [0.05, 0.1) is 6.10 Å². The molecule has 0 aromatic heterocycles. The zero-order valence-corrected chi connectivity index (χ0v) is 9.57. The van der Waals surface area contributed by atoms with Gasteiger partial charge in [-0.3, -0.25) is 0 Å². The minimum absolute atomic E-state index is 0.324. The lowest BCUT2D eigenvalue weighted by Crippen LogP contribution is -2.21. The third-order valence-electron chi connectivity index (χ3n) is 4.19. The van der Waals surface area contributed by atoms with Crippen molar-refractivity contribution in [1.29, 1.82) is 0 Å². The molecule has 3 heteroatoms. The second-order valence-electron chi connectivity index (χ2n) is 5.54. The number of halogens is 2. The van der Waals surface area contributed by atoms with Crippen LogP contribution in [-0.4, -0.2) is 11.2 Å². The quantitative estimate of drug-likeness (QED) is 0.858. The van der Waals surface area contributed by atoms with Gasteiger partial charge < -0.3 is 5.11 Å². The molecule has 3 atom stereocenters. The van der Waals surface area contributed by atoms with Gasteiger partial charge >= 0.3 is 0 Å². The Morgan fingerprint density at radius 1 is 1.06 bits per heavy atom. The fraction of sp³-hybridized carbons (Fsp3) is 0.571. The van der Waals surface area contributed by atoms with Crippen LogP contribution in [0.3, 0.4) is 0 Å². The Kier molecular flexibility index (Phi) is 2.66. The average Bonchev–Trinajstić information content (AvgIpc) is 2.84. The molecular weight excluding hydrogens is 222 g/mol. The van der Waals surface area contributed by atoms with E-state index in [2.05, 4.69) is 0 Å². The molecule has 2 saturated carbocycles. The third-order valence-corrected chi connectivity index (χ3v) is 4.19. The summed E-state index contributed by atoms with van der Waals surface area (Å²) in [5, 5.41) is 10.1. The molecule has 3 rings (SSSR count). The lowest BCUT2D eigenvalue weighted by Gasteiger charge is -2.19. The normalized spacial score (nSPS) is 32.3. The largest absolute Gasteiger partial charge is 0.392 e. The summed E-state index contributed by atoms with van der Waals surface area (Å²) in [7, 11) is 0. The second-order valence-corrected chi connectivity index (χ2v) is 5.54. The van der Waals surface area contributed by atoms with Crippen molar-refractivity contribution in [3.05, 3.63) is 35.4 Å². The maximum atomic E-state index is 13.0. The molecule has 0 heterocycles. The molecule has 0 spiro atoms. The van der Waals surface area contributed by atoms with Crippen LogP contribution in [0.5, 0.6) is 0 Å². The molecule has 2 aliphatic rings. The van der Waals surface area contributed by atoms with Crippen molar-refractivity contribution in [3.8, 4) is 0 Å². The zero-order valence-electron chi connectivity index (χ0n) is 9.57. The van der Waals surface area contributed by atoms with E-state index in [-0.39, 0.29) is 0 Å². The van der Waals surface area contributed by atoms with Gasteiger partial charge in [0.15, 0.2) is 0 Å². The minimum atomic E-state index is -0.568. The van der Waals surface area contributed by atoms with Gasteiger partial charge in [0.25, 0.3) is 0 Å². The molecule has 1 aromatic carbocycles. The maximum absolute atomic E-state index is 13.0. The van der Waals surface area contributed by atoms with Crippen LogP contribution in [0.1, 0.15) is 24.8 Å². The van der Waals surface area contributed by atoms with E-state index in [9.17, 15) is 13.9 Å². The van der Waals surface area contributed by atoms with Gasteiger partial charge in [-0.25, -0.2) is 8.78 Å². The van der Waals surface area contributed by atoms with Crippen LogP contribution in [0.2, 0.25) is 0 Å².